The number of benzene rings is 1. The van der Waals surface area contributed by atoms with Gasteiger partial charge in [0, 0.05) is 24.0 Å². The van der Waals surface area contributed by atoms with E-state index in [-0.39, 0.29) is 10.9 Å². The Kier molecular flexibility index (Phi) is 4.83. The van der Waals surface area contributed by atoms with Gasteiger partial charge in [0.05, 0.1) is 4.90 Å². The van der Waals surface area contributed by atoms with Gasteiger partial charge in [-0.1, -0.05) is 24.6 Å². The Balaban J connectivity index is 2.60. The van der Waals surface area contributed by atoms with Gasteiger partial charge in [0.25, 0.3) is 10.0 Å². The highest BCUT2D eigenvalue weighted by Gasteiger charge is 2.22. The van der Waals surface area contributed by atoms with Crippen LogP contribution >= 0.6 is 0 Å². The molecule has 118 valence electrons. The summed E-state index contributed by atoms with van der Waals surface area (Å²) in [5, 5.41) is 0. The highest BCUT2D eigenvalue weighted by molar-refractivity contribution is 7.90. The summed E-state index contributed by atoms with van der Waals surface area (Å²) in [6, 6.07) is 8.17. The van der Waals surface area contributed by atoms with Crippen molar-refractivity contribution < 1.29 is 8.42 Å². The summed E-state index contributed by atoms with van der Waals surface area (Å²) in [7, 11) is -3.68. The lowest BCUT2D eigenvalue weighted by molar-refractivity contribution is 0.588. The van der Waals surface area contributed by atoms with Crippen LogP contribution in [0.4, 0.5) is 5.82 Å². The van der Waals surface area contributed by atoms with Gasteiger partial charge >= 0.3 is 0 Å². The van der Waals surface area contributed by atoms with Crippen LogP contribution in [0.15, 0.2) is 46.4 Å². The number of aliphatic imine (C=N–C) groups is 1. The van der Waals surface area contributed by atoms with Crippen molar-refractivity contribution in [2.45, 2.75) is 38.1 Å². The van der Waals surface area contributed by atoms with Crippen molar-refractivity contribution in [3.63, 3.8) is 0 Å². The van der Waals surface area contributed by atoms with Crippen LogP contribution in [0.1, 0.15) is 37.4 Å². The zero-order valence-corrected chi connectivity index (χ0v) is 13.8. The Labute approximate surface area is 131 Å². The number of nitrogens with two attached hydrogens (primary N) is 1. The molecule has 0 aliphatic carbocycles. The van der Waals surface area contributed by atoms with E-state index in [1.54, 1.807) is 36.5 Å². The molecule has 0 amide bonds. The Morgan fingerprint density at radius 1 is 1.27 bits per heavy atom. The van der Waals surface area contributed by atoms with Crippen LogP contribution in [0.2, 0.25) is 0 Å². The predicted octanol–water partition coefficient (Wildman–Crippen LogP) is 3.17. The third-order valence-electron chi connectivity index (χ3n) is 3.32. The van der Waals surface area contributed by atoms with Gasteiger partial charge in [-0.3, -0.25) is 0 Å². The van der Waals surface area contributed by atoms with Crippen LogP contribution in [-0.2, 0) is 10.0 Å². The predicted molar refractivity (Wildman–Crippen MR) is 89.2 cm³/mol. The van der Waals surface area contributed by atoms with Crippen LogP contribution in [0.5, 0.6) is 0 Å². The normalized spacial score (nSPS) is 13.6. The van der Waals surface area contributed by atoms with Gasteiger partial charge in [0.1, 0.15) is 0 Å². The van der Waals surface area contributed by atoms with Crippen molar-refractivity contribution in [1.29, 1.82) is 0 Å². The molecule has 1 heterocycles. The van der Waals surface area contributed by atoms with E-state index < -0.39 is 10.0 Å². The van der Waals surface area contributed by atoms with Crippen molar-refractivity contribution in [2.75, 3.05) is 0 Å². The molecule has 0 spiro atoms. The highest BCUT2D eigenvalue weighted by atomic mass is 32.2. The molecule has 2 rings (SSSR count). The summed E-state index contributed by atoms with van der Waals surface area (Å²) in [6.07, 6.45) is 3.91. The molecule has 1 unspecified atom stereocenters. The Hall–Kier alpha value is -1.92. The molecular weight excluding hydrogens is 298 g/mol. The van der Waals surface area contributed by atoms with Gasteiger partial charge in [0.15, 0.2) is 5.82 Å². The number of hydrogen-bond acceptors (Lipinski definition) is 4. The van der Waals surface area contributed by atoms with E-state index >= 15 is 0 Å². The van der Waals surface area contributed by atoms with E-state index in [0.717, 1.165) is 5.56 Å². The third-order valence-corrected chi connectivity index (χ3v) is 5.00. The van der Waals surface area contributed by atoms with Crippen LogP contribution in [0, 0.1) is 6.92 Å². The number of nitrogens with zero attached hydrogens (tertiary/aromatic N) is 2. The first-order chi connectivity index (χ1) is 10.4. The molecule has 0 saturated heterocycles. The van der Waals surface area contributed by atoms with E-state index in [1.165, 1.54) is 10.2 Å². The second kappa shape index (κ2) is 6.46. The molecule has 0 bridgehead atoms. The number of rotatable bonds is 5. The first kappa shape index (κ1) is 16.5. The molecule has 0 aliphatic rings. The molecule has 0 aliphatic heterocycles. The standard InChI is InChI=1S/C16H21N3O2S/c1-4-10-18-16-15(13(3)17)9-11-19(16)22(20,21)14-7-5-12(2)6-8-14/h5-11,13H,4,17H2,1-3H3. The summed E-state index contributed by atoms with van der Waals surface area (Å²) in [5.41, 5.74) is 7.63. The minimum absolute atomic E-state index is 0.234. The zero-order chi connectivity index (χ0) is 16.3. The fraction of sp³-hybridized carbons (Fsp3) is 0.312. The Bertz CT molecular complexity index is 772. The SMILES string of the molecule is CCC=Nc1c(C(C)N)ccn1S(=O)(=O)c1ccc(C)cc1. The maximum absolute atomic E-state index is 12.8. The molecule has 2 N–H and O–H groups in total. The lowest BCUT2D eigenvalue weighted by Gasteiger charge is -2.11. The summed E-state index contributed by atoms with van der Waals surface area (Å²) < 4.78 is 26.8. The smallest absolute Gasteiger partial charge is 0.269 e. The monoisotopic (exact) mass is 319 g/mol. The highest BCUT2D eigenvalue weighted by Crippen LogP contribution is 2.29. The summed E-state index contributed by atoms with van der Waals surface area (Å²) in [6.45, 7) is 5.66. The van der Waals surface area contributed by atoms with E-state index in [1.807, 2.05) is 20.8 Å². The fourth-order valence-corrected chi connectivity index (χ4v) is 3.41. The van der Waals surface area contributed by atoms with Gasteiger partial charge in [-0.15, -0.1) is 0 Å². The van der Waals surface area contributed by atoms with Crippen molar-refractivity contribution >= 4 is 22.1 Å². The molecular formula is C16H21N3O2S. The minimum Gasteiger partial charge on any atom is -0.324 e. The summed E-state index contributed by atoms with van der Waals surface area (Å²) in [5.74, 6) is 0.373. The summed E-state index contributed by atoms with van der Waals surface area (Å²) in [4.78, 5) is 4.53. The molecule has 1 atom stereocenters. The van der Waals surface area contributed by atoms with Gasteiger partial charge in [-0.2, -0.15) is 0 Å². The molecule has 1 aromatic heterocycles. The molecule has 22 heavy (non-hydrogen) atoms. The van der Waals surface area contributed by atoms with Crippen LogP contribution in [0.3, 0.4) is 0 Å². The van der Waals surface area contributed by atoms with E-state index in [0.29, 0.717) is 17.8 Å². The second-order valence-corrected chi connectivity index (χ2v) is 7.03. The van der Waals surface area contributed by atoms with Gasteiger partial charge in [-0.05, 0) is 38.5 Å². The van der Waals surface area contributed by atoms with Crippen molar-refractivity contribution in [1.82, 2.24) is 3.97 Å². The third kappa shape index (κ3) is 3.13. The topological polar surface area (TPSA) is 77.4 Å². The average molecular weight is 319 g/mol. The van der Waals surface area contributed by atoms with E-state index in [4.69, 9.17) is 5.73 Å². The largest absolute Gasteiger partial charge is 0.324 e. The van der Waals surface area contributed by atoms with E-state index in [9.17, 15) is 8.42 Å². The second-order valence-electron chi connectivity index (χ2n) is 5.22. The quantitative estimate of drug-likeness (QED) is 0.860. The molecule has 0 radical (unpaired) electrons. The molecule has 0 saturated carbocycles. The Morgan fingerprint density at radius 3 is 2.45 bits per heavy atom. The van der Waals surface area contributed by atoms with Gasteiger partial charge < -0.3 is 5.73 Å². The maximum Gasteiger partial charge on any atom is 0.269 e. The minimum atomic E-state index is -3.68. The van der Waals surface area contributed by atoms with Crippen molar-refractivity contribution in [3.05, 3.63) is 47.7 Å². The molecule has 5 nitrogen and oxygen atoms in total. The number of aryl methyl sites for hydroxylation is 1. The van der Waals surface area contributed by atoms with Crippen LogP contribution in [0.25, 0.3) is 0 Å². The summed E-state index contributed by atoms with van der Waals surface area (Å²) >= 11 is 0. The maximum atomic E-state index is 12.8. The molecule has 6 heteroatoms. The Morgan fingerprint density at radius 2 is 1.91 bits per heavy atom. The lowest BCUT2D eigenvalue weighted by Crippen LogP contribution is -2.13. The number of aromatic nitrogens is 1. The van der Waals surface area contributed by atoms with Gasteiger partial charge in [0.2, 0.25) is 0 Å². The van der Waals surface area contributed by atoms with Crippen LogP contribution < -0.4 is 5.73 Å². The van der Waals surface area contributed by atoms with E-state index in [2.05, 4.69) is 4.99 Å². The first-order valence-electron chi connectivity index (χ1n) is 7.19. The van der Waals surface area contributed by atoms with Crippen LogP contribution in [-0.4, -0.2) is 18.6 Å². The van der Waals surface area contributed by atoms with Crippen molar-refractivity contribution in [2.24, 2.45) is 10.7 Å². The van der Waals surface area contributed by atoms with Crippen molar-refractivity contribution in [3.8, 4) is 0 Å². The molecule has 1 aromatic carbocycles. The van der Waals surface area contributed by atoms with Gasteiger partial charge in [-0.25, -0.2) is 17.4 Å². The fourth-order valence-electron chi connectivity index (χ4n) is 2.10. The first-order valence-corrected chi connectivity index (χ1v) is 8.63. The molecule has 2 aromatic rings. The zero-order valence-electron chi connectivity index (χ0n) is 13.0. The number of hydrogen-bond donors (Lipinski definition) is 1. The average Bonchev–Trinajstić information content (AvgIpc) is 2.90. The molecule has 0 fully saturated rings. The lowest BCUT2D eigenvalue weighted by atomic mass is 10.2.